The number of hydrogen-bond donors (Lipinski definition) is 3. The number of carboxylic acid groups (broad SMARTS) is 1. The van der Waals surface area contributed by atoms with Crippen LogP contribution in [0.15, 0.2) is 42.5 Å². The molecule has 0 unspecified atom stereocenters. The third-order valence-electron chi connectivity index (χ3n) is 2.99. The van der Waals surface area contributed by atoms with Gasteiger partial charge in [0.2, 0.25) is 0 Å². The van der Waals surface area contributed by atoms with Crippen molar-refractivity contribution in [2.24, 2.45) is 0 Å². The fourth-order valence-electron chi connectivity index (χ4n) is 1.91. The molecule has 0 saturated heterocycles. The van der Waals surface area contributed by atoms with Crippen LogP contribution in [0.1, 0.15) is 38.2 Å². The van der Waals surface area contributed by atoms with Gasteiger partial charge in [0, 0.05) is 20.1 Å². The number of unbranched alkanes of at least 4 members (excludes halogenated alkanes) is 3. The van der Waals surface area contributed by atoms with Gasteiger partial charge in [-0.05, 0) is 24.6 Å². The Hall–Kier alpha value is -1.98. The van der Waals surface area contributed by atoms with E-state index in [9.17, 15) is 4.79 Å². The van der Waals surface area contributed by atoms with Crippen molar-refractivity contribution in [1.82, 2.24) is 5.32 Å². The molecule has 0 aliphatic rings. The molecule has 0 aliphatic heterocycles. The molecule has 3 N–H and O–H groups in total. The van der Waals surface area contributed by atoms with E-state index in [-0.39, 0.29) is 12.3 Å². The van der Waals surface area contributed by atoms with E-state index >= 15 is 0 Å². The second kappa shape index (κ2) is 21.0. The standard InChI is InChI=1S/C17H25NO.CH2O2.CH4O/c1-2-3-4-8-13-18-14-9-12-17(19)15-16-10-6-5-7-11-16;2-1-3;1-2/h5-7,9-12,18H,2-4,8,13-15H2,1H3;1H,(H,2,3);2H,1H3/b12-9-;;. The van der Waals surface area contributed by atoms with Crippen LogP contribution in [0.2, 0.25) is 0 Å². The molecule has 0 saturated carbocycles. The van der Waals surface area contributed by atoms with Gasteiger partial charge >= 0.3 is 0 Å². The van der Waals surface area contributed by atoms with Crippen molar-refractivity contribution < 1.29 is 19.8 Å². The number of allylic oxidation sites excluding steroid dienone is 1. The Bertz CT molecular complexity index is 419. The lowest BCUT2D eigenvalue weighted by Gasteiger charge is -2.00. The number of nitrogens with one attached hydrogen (secondary N) is 1. The maximum absolute atomic E-state index is 11.7. The zero-order valence-electron chi connectivity index (χ0n) is 14.8. The van der Waals surface area contributed by atoms with Crippen molar-refractivity contribution in [3.8, 4) is 0 Å². The maximum atomic E-state index is 11.7. The molecule has 5 heteroatoms. The number of ketones is 1. The Morgan fingerprint density at radius 2 is 1.75 bits per heavy atom. The highest BCUT2D eigenvalue weighted by atomic mass is 16.3. The summed E-state index contributed by atoms with van der Waals surface area (Å²) in [5.74, 6) is 0.166. The molecule has 0 aliphatic carbocycles. The average molecular weight is 337 g/mol. The minimum absolute atomic E-state index is 0.166. The number of rotatable bonds is 10. The fourth-order valence-corrected chi connectivity index (χ4v) is 1.91. The predicted molar refractivity (Wildman–Crippen MR) is 98.1 cm³/mol. The highest BCUT2D eigenvalue weighted by Gasteiger charge is 1.97. The number of benzene rings is 1. The van der Waals surface area contributed by atoms with Gasteiger partial charge in [-0.1, -0.05) is 62.6 Å². The van der Waals surface area contributed by atoms with Gasteiger partial charge in [-0.25, -0.2) is 0 Å². The molecule has 0 bridgehead atoms. The molecule has 0 atom stereocenters. The molecule has 1 aromatic carbocycles. The maximum Gasteiger partial charge on any atom is 0.290 e. The normalized spacial score (nSPS) is 9.46. The van der Waals surface area contributed by atoms with Crippen molar-refractivity contribution >= 4 is 12.3 Å². The molecule has 1 rings (SSSR count). The third kappa shape index (κ3) is 18.1. The summed E-state index contributed by atoms with van der Waals surface area (Å²) in [6.07, 6.45) is 9.20. The average Bonchev–Trinajstić information content (AvgIpc) is 2.60. The van der Waals surface area contributed by atoms with E-state index in [2.05, 4.69) is 12.2 Å². The predicted octanol–water partition coefficient (Wildman–Crippen LogP) is 2.83. The van der Waals surface area contributed by atoms with E-state index in [0.717, 1.165) is 25.8 Å². The van der Waals surface area contributed by atoms with E-state index in [1.165, 1.54) is 25.7 Å². The van der Waals surface area contributed by atoms with Crippen LogP contribution in [0, 0.1) is 0 Å². The van der Waals surface area contributed by atoms with Gasteiger partial charge in [0.05, 0.1) is 0 Å². The largest absolute Gasteiger partial charge is 0.483 e. The van der Waals surface area contributed by atoms with Crippen molar-refractivity contribution in [2.45, 2.75) is 39.0 Å². The molecule has 1 aromatic rings. The number of carbonyl (C=O) groups excluding carboxylic acids is 1. The van der Waals surface area contributed by atoms with E-state index in [1.54, 1.807) is 6.08 Å². The molecule has 0 fully saturated rings. The van der Waals surface area contributed by atoms with Crippen molar-refractivity contribution in [3.05, 3.63) is 48.0 Å². The van der Waals surface area contributed by atoms with Gasteiger partial charge in [0.25, 0.3) is 6.47 Å². The first kappa shape index (κ1) is 24.3. The van der Waals surface area contributed by atoms with Gasteiger partial charge in [-0.15, -0.1) is 0 Å². The second-order valence-electron chi connectivity index (χ2n) is 4.90. The summed E-state index contributed by atoms with van der Waals surface area (Å²) in [4.78, 5) is 20.0. The highest BCUT2D eigenvalue weighted by molar-refractivity contribution is 5.91. The molecule has 0 aromatic heterocycles. The molecule has 5 nitrogen and oxygen atoms in total. The van der Waals surface area contributed by atoms with Crippen LogP contribution >= 0.6 is 0 Å². The molecule has 136 valence electrons. The van der Waals surface area contributed by atoms with Crippen LogP contribution in [0.4, 0.5) is 0 Å². The Kier molecular flexibility index (Phi) is 21.3. The first-order chi connectivity index (χ1) is 11.7. The summed E-state index contributed by atoms with van der Waals surface area (Å²) in [6.45, 7) is 3.79. The topological polar surface area (TPSA) is 86.6 Å². The van der Waals surface area contributed by atoms with E-state index in [1.807, 2.05) is 36.4 Å². The number of hydrogen-bond acceptors (Lipinski definition) is 4. The Morgan fingerprint density at radius 3 is 2.33 bits per heavy atom. The number of carbonyl (C=O) groups is 2. The zero-order chi connectivity index (χ0) is 18.5. The molecular formula is C19H31NO4. The third-order valence-corrected chi connectivity index (χ3v) is 2.99. The van der Waals surface area contributed by atoms with Crippen LogP contribution in [0.25, 0.3) is 0 Å². The lowest BCUT2D eigenvalue weighted by Crippen LogP contribution is -2.15. The van der Waals surface area contributed by atoms with Gasteiger partial charge in [-0.2, -0.15) is 0 Å². The summed E-state index contributed by atoms with van der Waals surface area (Å²) in [5, 5.41) is 17.2. The summed E-state index contributed by atoms with van der Waals surface area (Å²) in [7, 11) is 1.00. The van der Waals surface area contributed by atoms with Gasteiger partial charge < -0.3 is 15.5 Å². The van der Waals surface area contributed by atoms with E-state index in [0.29, 0.717) is 6.42 Å². The van der Waals surface area contributed by atoms with Gasteiger partial charge in [0.15, 0.2) is 5.78 Å². The van der Waals surface area contributed by atoms with Crippen LogP contribution < -0.4 is 5.32 Å². The molecule has 24 heavy (non-hydrogen) atoms. The Labute approximate surface area is 145 Å². The molecule has 0 radical (unpaired) electrons. The van der Waals surface area contributed by atoms with Crippen LogP contribution in [-0.4, -0.2) is 42.7 Å². The first-order valence-electron chi connectivity index (χ1n) is 8.21. The minimum atomic E-state index is -0.250. The van der Waals surface area contributed by atoms with Crippen LogP contribution in [0.5, 0.6) is 0 Å². The van der Waals surface area contributed by atoms with Gasteiger partial charge in [-0.3, -0.25) is 9.59 Å². The van der Waals surface area contributed by atoms with E-state index in [4.69, 9.17) is 15.0 Å². The molecule has 0 heterocycles. The smallest absolute Gasteiger partial charge is 0.290 e. The molecule has 0 amide bonds. The van der Waals surface area contributed by atoms with Crippen molar-refractivity contribution in [2.75, 3.05) is 20.2 Å². The zero-order valence-corrected chi connectivity index (χ0v) is 14.8. The first-order valence-corrected chi connectivity index (χ1v) is 8.21. The number of aliphatic hydroxyl groups is 1. The fraction of sp³-hybridized carbons (Fsp3) is 0.474. The van der Waals surface area contributed by atoms with Crippen molar-refractivity contribution in [1.29, 1.82) is 0 Å². The van der Waals surface area contributed by atoms with Crippen LogP contribution in [0.3, 0.4) is 0 Å². The summed E-state index contributed by atoms with van der Waals surface area (Å²) < 4.78 is 0. The summed E-state index contributed by atoms with van der Waals surface area (Å²) in [5.41, 5.74) is 1.07. The van der Waals surface area contributed by atoms with E-state index < -0.39 is 0 Å². The summed E-state index contributed by atoms with van der Waals surface area (Å²) in [6, 6.07) is 9.86. The summed E-state index contributed by atoms with van der Waals surface area (Å²) >= 11 is 0. The van der Waals surface area contributed by atoms with Gasteiger partial charge in [0.1, 0.15) is 0 Å². The Balaban J connectivity index is 0. The highest BCUT2D eigenvalue weighted by Crippen LogP contribution is 2.00. The lowest BCUT2D eigenvalue weighted by molar-refractivity contribution is -0.123. The van der Waals surface area contributed by atoms with Crippen molar-refractivity contribution in [3.63, 3.8) is 0 Å². The Morgan fingerprint density at radius 1 is 1.12 bits per heavy atom. The quantitative estimate of drug-likeness (QED) is 0.347. The number of aliphatic hydroxyl groups excluding tert-OH is 1. The monoisotopic (exact) mass is 337 g/mol. The molecular weight excluding hydrogens is 306 g/mol. The SMILES string of the molecule is CCCCCCNC/C=C\C(=O)Cc1ccccc1.CO.O=CO. The minimum Gasteiger partial charge on any atom is -0.483 e. The van der Waals surface area contributed by atoms with Crippen LogP contribution in [-0.2, 0) is 16.0 Å². The molecule has 0 spiro atoms. The second-order valence-corrected chi connectivity index (χ2v) is 4.90. The lowest BCUT2D eigenvalue weighted by atomic mass is 10.1.